The van der Waals surface area contributed by atoms with E-state index in [-0.39, 0.29) is 17.3 Å². The summed E-state index contributed by atoms with van der Waals surface area (Å²) < 4.78 is 5.28. The molecule has 6 rings (SSSR count). The monoisotopic (exact) mass is 387 g/mol. The zero-order chi connectivity index (χ0) is 18.6. The third-order valence-corrected chi connectivity index (χ3v) is 8.56. The van der Waals surface area contributed by atoms with Crippen molar-refractivity contribution < 1.29 is 14.3 Å². The fourth-order valence-corrected chi connectivity index (χ4v) is 8.22. The van der Waals surface area contributed by atoms with E-state index in [0.29, 0.717) is 18.6 Å². The molecule has 1 aromatic heterocycles. The molecule has 0 spiro atoms. The maximum Gasteiger partial charge on any atom is 0.341 e. The number of nitrogens with one attached hydrogen (secondary N) is 1. The minimum atomic E-state index is -0.276. The second kappa shape index (κ2) is 6.61. The maximum atomic E-state index is 13.0. The normalized spacial score (nSPS) is 33.1. The smallest absolute Gasteiger partial charge is 0.341 e. The summed E-state index contributed by atoms with van der Waals surface area (Å²) in [5, 5.41) is 3.86. The van der Waals surface area contributed by atoms with Crippen molar-refractivity contribution in [1.29, 1.82) is 0 Å². The molecule has 1 heterocycles. The van der Waals surface area contributed by atoms with Gasteiger partial charge in [0.25, 0.3) is 0 Å². The molecule has 0 atom stereocenters. The van der Waals surface area contributed by atoms with Crippen molar-refractivity contribution in [2.75, 3.05) is 11.9 Å². The quantitative estimate of drug-likeness (QED) is 0.727. The number of esters is 1. The predicted octanol–water partition coefficient (Wildman–Crippen LogP) is 4.96. The highest BCUT2D eigenvalue weighted by Gasteiger charge is 2.51. The molecule has 4 fully saturated rings. The second-order valence-electron chi connectivity index (χ2n) is 9.42. The lowest BCUT2D eigenvalue weighted by Gasteiger charge is -2.56. The van der Waals surface area contributed by atoms with Gasteiger partial charge in [-0.3, -0.25) is 4.79 Å². The average molecular weight is 388 g/mol. The molecule has 5 aliphatic rings. The van der Waals surface area contributed by atoms with Gasteiger partial charge < -0.3 is 10.1 Å². The molecule has 5 heteroatoms. The maximum absolute atomic E-state index is 13.0. The Morgan fingerprint density at radius 1 is 1.11 bits per heavy atom. The number of amides is 1. The van der Waals surface area contributed by atoms with Crippen LogP contribution in [0, 0.1) is 23.2 Å². The summed E-state index contributed by atoms with van der Waals surface area (Å²) in [5.41, 5.74) is 1.97. The lowest BCUT2D eigenvalue weighted by Crippen LogP contribution is -2.47. The van der Waals surface area contributed by atoms with Gasteiger partial charge in [0, 0.05) is 11.3 Å². The Bertz CT molecular complexity index is 745. The van der Waals surface area contributed by atoms with Gasteiger partial charge in [-0.1, -0.05) is 0 Å². The van der Waals surface area contributed by atoms with Crippen LogP contribution in [-0.2, 0) is 22.4 Å². The van der Waals surface area contributed by atoms with E-state index in [1.165, 1.54) is 43.4 Å². The summed E-state index contributed by atoms with van der Waals surface area (Å²) >= 11 is 1.59. The van der Waals surface area contributed by atoms with Crippen molar-refractivity contribution in [3.05, 3.63) is 16.0 Å². The number of hydrogen-bond acceptors (Lipinski definition) is 4. The topological polar surface area (TPSA) is 55.4 Å². The zero-order valence-corrected chi connectivity index (χ0v) is 17.0. The minimum absolute atomic E-state index is 0.0995. The highest BCUT2D eigenvalue weighted by molar-refractivity contribution is 7.17. The molecule has 4 bridgehead atoms. The fourth-order valence-electron chi connectivity index (χ4n) is 6.93. The first kappa shape index (κ1) is 17.7. The Balaban J connectivity index is 1.34. The van der Waals surface area contributed by atoms with Gasteiger partial charge in [0.05, 0.1) is 12.2 Å². The molecular weight excluding hydrogens is 358 g/mol. The van der Waals surface area contributed by atoms with Gasteiger partial charge in [0.2, 0.25) is 5.91 Å². The lowest BCUT2D eigenvalue weighted by atomic mass is 9.49. The molecule has 27 heavy (non-hydrogen) atoms. The highest BCUT2D eigenvalue weighted by Crippen LogP contribution is 2.61. The molecule has 0 aromatic carbocycles. The number of rotatable bonds is 5. The third-order valence-electron chi connectivity index (χ3n) is 7.35. The number of anilines is 1. The molecule has 1 aromatic rings. The Hall–Kier alpha value is -1.36. The molecule has 5 aliphatic carbocycles. The third kappa shape index (κ3) is 3.12. The van der Waals surface area contributed by atoms with Crippen LogP contribution in [0.25, 0.3) is 0 Å². The molecule has 0 unspecified atom stereocenters. The molecule has 146 valence electrons. The first-order valence-electron chi connectivity index (χ1n) is 10.7. The Kier molecular flexibility index (Phi) is 4.34. The van der Waals surface area contributed by atoms with Gasteiger partial charge in [-0.15, -0.1) is 11.3 Å². The van der Waals surface area contributed by atoms with Crippen molar-refractivity contribution in [1.82, 2.24) is 0 Å². The van der Waals surface area contributed by atoms with E-state index in [1.807, 2.05) is 6.92 Å². The average Bonchev–Trinajstić information content (AvgIpc) is 3.13. The van der Waals surface area contributed by atoms with E-state index in [1.54, 1.807) is 11.3 Å². The molecule has 0 radical (unpaired) electrons. The van der Waals surface area contributed by atoms with Gasteiger partial charge in [-0.2, -0.15) is 0 Å². The molecule has 1 N–H and O–H groups in total. The van der Waals surface area contributed by atoms with Crippen molar-refractivity contribution in [3.8, 4) is 0 Å². The summed E-state index contributed by atoms with van der Waals surface area (Å²) in [6.45, 7) is 2.19. The number of ether oxygens (including phenoxy) is 1. The van der Waals surface area contributed by atoms with Crippen LogP contribution in [-0.4, -0.2) is 18.5 Å². The van der Waals surface area contributed by atoms with E-state index in [0.717, 1.165) is 47.6 Å². The van der Waals surface area contributed by atoms with E-state index in [9.17, 15) is 9.59 Å². The number of aryl methyl sites for hydroxylation is 1. The van der Waals surface area contributed by atoms with Crippen LogP contribution >= 0.6 is 11.3 Å². The van der Waals surface area contributed by atoms with E-state index >= 15 is 0 Å². The van der Waals surface area contributed by atoms with Gasteiger partial charge in [-0.25, -0.2) is 4.79 Å². The SMILES string of the molecule is CCOC(=O)c1c(NC(=O)CC23CC4CC(CC(C4)C2)C3)sc2c1CCC2. The van der Waals surface area contributed by atoms with E-state index in [4.69, 9.17) is 4.74 Å². The predicted molar refractivity (Wildman–Crippen MR) is 106 cm³/mol. The lowest BCUT2D eigenvalue weighted by molar-refractivity contribution is -0.124. The van der Waals surface area contributed by atoms with E-state index < -0.39 is 0 Å². The van der Waals surface area contributed by atoms with Crippen molar-refractivity contribution in [2.45, 2.75) is 71.1 Å². The fraction of sp³-hybridized carbons (Fsp3) is 0.727. The molecule has 0 aliphatic heterocycles. The van der Waals surface area contributed by atoms with Crippen molar-refractivity contribution >= 4 is 28.2 Å². The Morgan fingerprint density at radius 3 is 2.41 bits per heavy atom. The van der Waals surface area contributed by atoms with Crippen LogP contribution in [0.2, 0.25) is 0 Å². The van der Waals surface area contributed by atoms with Crippen LogP contribution in [0.5, 0.6) is 0 Å². The summed E-state index contributed by atoms with van der Waals surface area (Å²) in [4.78, 5) is 26.8. The summed E-state index contributed by atoms with van der Waals surface area (Å²) in [5.74, 6) is 2.38. The minimum Gasteiger partial charge on any atom is -0.462 e. The Morgan fingerprint density at radius 2 is 1.78 bits per heavy atom. The van der Waals surface area contributed by atoms with E-state index in [2.05, 4.69) is 5.32 Å². The summed E-state index contributed by atoms with van der Waals surface area (Å²) in [7, 11) is 0. The number of thiophene rings is 1. The molecule has 4 nitrogen and oxygen atoms in total. The summed E-state index contributed by atoms with van der Waals surface area (Å²) in [6.07, 6.45) is 11.5. The first-order valence-corrected chi connectivity index (χ1v) is 11.5. The number of carbonyl (C=O) groups excluding carboxylic acids is 2. The second-order valence-corrected chi connectivity index (χ2v) is 10.5. The molecule has 0 saturated heterocycles. The number of carbonyl (C=O) groups is 2. The molecule has 4 saturated carbocycles. The van der Waals surface area contributed by atoms with Gasteiger partial charge >= 0.3 is 5.97 Å². The van der Waals surface area contributed by atoms with Crippen molar-refractivity contribution in [3.63, 3.8) is 0 Å². The van der Waals surface area contributed by atoms with Crippen LogP contribution in [0.1, 0.15) is 79.1 Å². The first-order chi connectivity index (χ1) is 13.0. The molecule has 1 amide bonds. The van der Waals surface area contributed by atoms with Crippen molar-refractivity contribution in [2.24, 2.45) is 23.2 Å². The van der Waals surface area contributed by atoms with Gasteiger partial charge in [-0.05, 0) is 93.4 Å². The highest BCUT2D eigenvalue weighted by atomic mass is 32.1. The zero-order valence-electron chi connectivity index (χ0n) is 16.1. The largest absolute Gasteiger partial charge is 0.462 e. The van der Waals surface area contributed by atoms with Crippen LogP contribution < -0.4 is 5.32 Å². The van der Waals surface area contributed by atoms with Gasteiger partial charge in [0.15, 0.2) is 0 Å². The van der Waals surface area contributed by atoms with Gasteiger partial charge in [0.1, 0.15) is 5.00 Å². The number of hydrogen-bond donors (Lipinski definition) is 1. The summed E-state index contributed by atoms with van der Waals surface area (Å²) in [6, 6.07) is 0. The standard InChI is InChI=1S/C22H29NO3S/c1-2-26-21(25)19-16-4-3-5-17(16)27-20(19)23-18(24)12-22-9-13-6-14(10-22)8-15(7-13)11-22/h13-15H,2-12H2,1H3,(H,23,24). The Labute approximate surface area is 165 Å². The van der Waals surface area contributed by atoms with Crippen LogP contribution in [0.3, 0.4) is 0 Å². The van der Waals surface area contributed by atoms with Crippen LogP contribution in [0.15, 0.2) is 0 Å². The van der Waals surface area contributed by atoms with Crippen LogP contribution in [0.4, 0.5) is 5.00 Å². The molecular formula is C22H29NO3S. The number of fused-ring (bicyclic) bond motifs is 1.